The molecule has 14 heteroatoms. The predicted molar refractivity (Wildman–Crippen MR) is 176 cm³/mol. The lowest BCUT2D eigenvalue weighted by Gasteiger charge is -2.33. The van der Waals surface area contributed by atoms with Gasteiger partial charge < -0.3 is 14.6 Å². The average Bonchev–Trinajstić information content (AvgIpc) is 3.23. The van der Waals surface area contributed by atoms with Crippen molar-refractivity contribution in [2.45, 2.75) is 44.6 Å². The summed E-state index contributed by atoms with van der Waals surface area (Å²) in [7, 11) is -4.72. The molecule has 2 aromatic carbocycles. The molecule has 0 spiro atoms. The third kappa shape index (κ3) is 6.06. The molecule has 1 saturated carbocycles. The van der Waals surface area contributed by atoms with Crippen LogP contribution in [-0.2, 0) is 31.6 Å². The van der Waals surface area contributed by atoms with Gasteiger partial charge >= 0.3 is 10.2 Å². The number of aromatic hydroxyl groups is 1. The van der Waals surface area contributed by atoms with Gasteiger partial charge in [0.2, 0.25) is 10.0 Å². The minimum atomic E-state index is -4.02. The molecule has 2 aliphatic heterocycles. The summed E-state index contributed by atoms with van der Waals surface area (Å²) >= 11 is 0. The number of hydrogen-bond acceptors (Lipinski definition) is 7. The Balaban J connectivity index is 1.49. The van der Waals surface area contributed by atoms with Gasteiger partial charge in [0.05, 0.1) is 18.5 Å². The van der Waals surface area contributed by atoms with Gasteiger partial charge in [-0.25, -0.2) is 13.1 Å². The molecule has 6 rings (SSSR count). The Morgan fingerprint density at radius 3 is 2.28 bits per heavy atom. The number of amides is 2. The molecule has 0 atom stereocenters. The summed E-state index contributed by atoms with van der Waals surface area (Å²) in [4.78, 5) is 28.9. The number of hydrogen-bond donors (Lipinski definition) is 2. The van der Waals surface area contributed by atoms with E-state index in [1.807, 2.05) is 16.7 Å². The topological polar surface area (TPSA) is 149 Å². The van der Waals surface area contributed by atoms with E-state index in [1.165, 1.54) is 18.4 Å². The van der Waals surface area contributed by atoms with Gasteiger partial charge in [0.15, 0.2) is 0 Å². The van der Waals surface area contributed by atoms with Crippen LogP contribution in [0.3, 0.4) is 0 Å². The van der Waals surface area contributed by atoms with Crippen LogP contribution >= 0.6 is 0 Å². The minimum Gasteiger partial charge on any atom is -0.508 e. The number of aromatic nitrogens is 1. The molecular formula is C32H39N5O7S2. The number of fused-ring (bicyclic) bond motifs is 5. The van der Waals surface area contributed by atoms with E-state index in [2.05, 4.69) is 4.72 Å². The molecule has 0 bridgehead atoms. The lowest BCUT2D eigenvalue weighted by Crippen LogP contribution is -2.50. The highest BCUT2D eigenvalue weighted by molar-refractivity contribution is 7.88. The zero-order chi connectivity index (χ0) is 33.0. The maximum atomic E-state index is 14.1. The summed E-state index contributed by atoms with van der Waals surface area (Å²) in [6, 6.07) is 10.3. The Labute approximate surface area is 269 Å². The molecule has 3 aliphatic rings. The summed E-state index contributed by atoms with van der Waals surface area (Å²) < 4.78 is 55.5. The van der Waals surface area contributed by atoms with Crippen molar-refractivity contribution in [1.82, 2.24) is 22.8 Å². The fraction of sp³-hybridized carbons (Fsp3) is 0.438. The van der Waals surface area contributed by atoms with Crippen LogP contribution in [0.1, 0.15) is 59.5 Å². The molecule has 2 amide bonds. The lowest BCUT2D eigenvalue weighted by atomic mass is 9.81. The molecule has 3 aromatic rings. The van der Waals surface area contributed by atoms with Crippen molar-refractivity contribution >= 4 is 49.0 Å². The van der Waals surface area contributed by atoms with Crippen molar-refractivity contribution < 1.29 is 31.5 Å². The summed E-state index contributed by atoms with van der Waals surface area (Å²) in [5, 5.41) is 11.4. The molecule has 1 saturated heterocycles. The number of carbonyl (C=O) groups excluding carboxylic acids is 2. The van der Waals surface area contributed by atoms with E-state index in [-0.39, 0.29) is 55.9 Å². The van der Waals surface area contributed by atoms with Gasteiger partial charge in [-0.15, -0.1) is 0 Å². The standard InChI is InChI=1S/C32H39N5O7S2/c1-34(2)46(43,44)33-31(39)22-9-11-27-28(19-22)37-20-24(32(40)35-13-15-36(16-14-35)45(3,41)42)17-23-18-25(38)10-12-26(23)30(37)29(27)21-7-5-4-6-8-21/h9-12,17-19,21,38H,4-8,13-16,20H2,1-3H3,(H,33,39). The van der Waals surface area contributed by atoms with Crippen LogP contribution in [0.5, 0.6) is 5.75 Å². The molecule has 0 radical (unpaired) electrons. The van der Waals surface area contributed by atoms with E-state index in [0.29, 0.717) is 16.7 Å². The molecule has 12 nitrogen and oxygen atoms in total. The Morgan fingerprint density at radius 1 is 0.935 bits per heavy atom. The van der Waals surface area contributed by atoms with Crippen molar-refractivity contribution in [1.29, 1.82) is 0 Å². The lowest BCUT2D eigenvalue weighted by molar-refractivity contribution is -0.128. The fourth-order valence-corrected chi connectivity index (χ4v) is 8.25. The number of phenols is 1. The molecule has 3 heterocycles. The van der Waals surface area contributed by atoms with Gasteiger partial charge in [-0.1, -0.05) is 25.3 Å². The highest BCUT2D eigenvalue weighted by atomic mass is 32.2. The predicted octanol–water partition coefficient (Wildman–Crippen LogP) is 3.10. The van der Waals surface area contributed by atoms with E-state index < -0.39 is 26.1 Å². The number of nitrogens with one attached hydrogen (secondary N) is 1. The SMILES string of the molecule is CN(C)S(=O)(=O)NC(=O)c1ccc2c(C3CCCCC3)c3n(c2c1)CC(C(=O)N1CCN(S(C)(=O)=O)CC1)=Cc1cc(O)ccc1-3. The molecule has 1 aromatic heterocycles. The minimum absolute atomic E-state index is 0.0633. The van der Waals surface area contributed by atoms with Crippen LogP contribution in [-0.4, -0.2) is 98.4 Å². The van der Waals surface area contributed by atoms with E-state index in [1.54, 1.807) is 35.2 Å². The quantitative estimate of drug-likeness (QED) is 0.410. The number of sulfonamides is 1. The Bertz CT molecular complexity index is 1970. The van der Waals surface area contributed by atoms with Crippen LogP contribution < -0.4 is 4.72 Å². The van der Waals surface area contributed by atoms with Crippen LogP contribution in [0, 0.1) is 0 Å². The highest BCUT2D eigenvalue weighted by Crippen LogP contribution is 2.47. The molecule has 246 valence electrons. The number of rotatable bonds is 6. The second kappa shape index (κ2) is 12.1. The summed E-state index contributed by atoms with van der Waals surface area (Å²) in [5.41, 5.74) is 4.89. The highest BCUT2D eigenvalue weighted by Gasteiger charge is 2.33. The van der Waals surface area contributed by atoms with E-state index in [0.717, 1.165) is 64.9 Å². The third-order valence-electron chi connectivity index (χ3n) is 9.30. The van der Waals surface area contributed by atoms with Gasteiger partial charge in [0.1, 0.15) is 5.75 Å². The van der Waals surface area contributed by atoms with E-state index in [9.17, 15) is 31.5 Å². The second-order valence-corrected chi connectivity index (χ2v) is 16.4. The van der Waals surface area contributed by atoms with Crippen molar-refractivity contribution in [3.05, 3.63) is 58.7 Å². The molecule has 46 heavy (non-hydrogen) atoms. The fourth-order valence-electron chi connectivity index (χ4n) is 6.89. The zero-order valence-electron chi connectivity index (χ0n) is 26.2. The van der Waals surface area contributed by atoms with Gasteiger partial charge in [0, 0.05) is 67.9 Å². The van der Waals surface area contributed by atoms with Crippen LogP contribution in [0.25, 0.3) is 28.2 Å². The number of nitrogens with zero attached hydrogens (tertiary/aromatic N) is 4. The van der Waals surface area contributed by atoms with Crippen LogP contribution in [0.15, 0.2) is 42.0 Å². The maximum Gasteiger partial charge on any atom is 0.303 e. The number of piperazine rings is 1. The van der Waals surface area contributed by atoms with Crippen LogP contribution in [0.4, 0.5) is 0 Å². The largest absolute Gasteiger partial charge is 0.508 e. The average molecular weight is 670 g/mol. The number of benzene rings is 2. The zero-order valence-corrected chi connectivity index (χ0v) is 27.8. The summed E-state index contributed by atoms with van der Waals surface area (Å²) in [6.07, 6.45) is 8.28. The van der Waals surface area contributed by atoms with Gasteiger partial charge in [-0.2, -0.15) is 17.0 Å². The van der Waals surface area contributed by atoms with E-state index in [4.69, 9.17) is 0 Å². The van der Waals surface area contributed by atoms with Gasteiger partial charge in [-0.05, 0) is 66.3 Å². The Morgan fingerprint density at radius 2 is 1.63 bits per heavy atom. The van der Waals surface area contributed by atoms with Gasteiger partial charge in [-0.3, -0.25) is 9.59 Å². The first-order valence-corrected chi connectivity index (χ1v) is 18.7. The number of phenolic OH excluding ortho intramolecular Hbond substituents is 1. The van der Waals surface area contributed by atoms with Crippen molar-refractivity contribution in [3.63, 3.8) is 0 Å². The first-order valence-electron chi connectivity index (χ1n) is 15.4. The second-order valence-electron chi connectivity index (χ2n) is 12.5. The molecule has 0 unspecified atom stereocenters. The van der Waals surface area contributed by atoms with Crippen molar-refractivity contribution in [2.24, 2.45) is 0 Å². The first-order chi connectivity index (χ1) is 21.7. The number of carbonyl (C=O) groups is 2. The van der Waals surface area contributed by atoms with Crippen molar-refractivity contribution in [2.75, 3.05) is 46.5 Å². The van der Waals surface area contributed by atoms with Gasteiger partial charge in [0.25, 0.3) is 11.8 Å². The molecule has 2 fully saturated rings. The monoisotopic (exact) mass is 669 g/mol. The van der Waals surface area contributed by atoms with Crippen molar-refractivity contribution in [3.8, 4) is 17.0 Å². The molecule has 2 N–H and O–H groups in total. The summed E-state index contributed by atoms with van der Waals surface area (Å²) in [6.45, 7) is 1.06. The first kappa shape index (κ1) is 32.2. The third-order valence-corrected chi connectivity index (χ3v) is 12.0. The van der Waals surface area contributed by atoms with Crippen LogP contribution in [0.2, 0.25) is 0 Å². The Hall–Kier alpha value is -3.72. The Kier molecular flexibility index (Phi) is 8.51. The molecule has 1 aliphatic carbocycles. The maximum absolute atomic E-state index is 14.1. The smallest absolute Gasteiger partial charge is 0.303 e. The molecular weight excluding hydrogens is 631 g/mol. The van der Waals surface area contributed by atoms with E-state index >= 15 is 0 Å². The summed E-state index contributed by atoms with van der Waals surface area (Å²) in [5.74, 6) is -0.695. The normalized spacial score (nSPS) is 18.2.